The van der Waals surface area contributed by atoms with E-state index in [2.05, 4.69) is 156 Å². The van der Waals surface area contributed by atoms with E-state index in [1.54, 1.807) is 0 Å². The van der Waals surface area contributed by atoms with Crippen LogP contribution in [0.5, 0.6) is 0 Å². The number of hydrogen-bond acceptors (Lipinski definition) is 1. The van der Waals surface area contributed by atoms with Gasteiger partial charge in [-0.3, -0.25) is 0 Å². The Bertz CT molecular complexity index is 1820. The molecule has 0 aliphatic heterocycles. The Morgan fingerprint density at radius 2 is 0.973 bits per heavy atom. The molecule has 0 unspecified atom stereocenters. The summed E-state index contributed by atoms with van der Waals surface area (Å²) in [7, 11) is 2.14. The van der Waals surface area contributed by atoms with E-state index in [0.717, 1.165) is 0 Å². The zero-order chi connectivity index (χ0) is 24.8. The molecular weight excluding hydrogens is 448 g/mol. The van der Waals surface area contributed by atoms with Crippen LogP contribution in [-0.2, 0) is 0 Å². The number of para-hydroxylation sites is 2. The number of rotatable bonds is 4. The van der Waals surface area contributed by atoms with Gasteiger partial charge in [0.05, 0.1) is 11.0 Å². The first-order valence-electron chi connectivity index (χ1n) is 12.7. The first-order chi connectivity index (χ1) is 18.3. The zero-order valence-corrected chi connectivity index (χ0v) is 20.7. The highest BCUT2D eigenvalue weighted by Crippen LogP contribution is 2.34. The lowest BCUT2D eigenvalue weighted by atomic mass is 10.0. The summed E-state index contributed by atoms with van der Waals surface area (Å²) in [5.41, 5.74) is 8.44. The van der Waals surface area contributed by atoms with Crippen molar-refractivity contribution in [2.24, 2.45) is 0 Å². The summed E-state index contributed by atoms with van der Waals surface area (Å²) in [6.07, 6.45) is 0. The van der Waals surface area contributed by atoms with Gasteiger partial charge >= 0.3 is 0 Å². The molecule has 0 fully saturated rings. The number of anilines is 2. The maximum absolute atomic E-state index is 2.36. The lowest BCUT2D eigenvalue weighted by Crippen LogP contribution is -2.09. The molecule has 0 saturated carbocycles. The summed E-state index contributed by atoms with van der Waals surface area (Å²) < 4.78 is 2.36. The number of hydrogen-bond donors (Lipinski definition) is 0. The number of benzene rings is 6. The van der Waals surface area contributed by atoms with E-state index in [9.17, 15) is 0 Å². The third kappa shape index (κ3) is 3.57. The molecule has 0 amide bonds. The fraction of sp³-hybridized carbons (Fsp3) is 0.0286. The molecule has 0 aliphatic rings. The van der Waals surface area contributed by atoms with Crippen LogP contribution in [0.2, 0.25) is 0 Å². The van der Waals surface area contributed by atoms with Crippen LogP contribution in [-0.4, -0.2) is 11.6 Å². The fourth-order valence-electron chi connectivity index (χ4n) is 5.52. The molecule has 6 aromatic carbocycles. The average Bonchev–Trinajstić information content (AvgIpc) is 3.31. The Balaban J connectivity index is 1.22. The number of nitrogens with zero attached hydrogens (tertiary/aromatic N) is 2. The van der Waals surface area contributed by atoms with Crippen molar-refractivity contribution < 1.29 is 0 Å². The van der Waals surface area contributed by atoms with Crippen molar-refractivity contribution in [1.82, 2.24) is 4.57 Å². The molecule has 2 heteroatoms. The highest BCUT2D eigenvalue weighted by Gasteiger charge is 2.12. The summed E-state index contributed by atoms with van der Waals surface area (Å²) in [4.78, 5) is 2.26. The molecule has 7 aromatic rings. The van der Waals surface area contributed by atoms with Gasteiger partial charge in [-0.25, -0.2) is 0 Å². The fourth-order valence-corrected chi connectivity index (χ4v) is 5.52. The van der Waals surface area contributed by atoms with E-state index < -0.39 is 0 Å². The summed E-state index contributed by atoms with van der Waals surface area (Å²) in [6, 6.07) is 50.0. The molecule has 0 aliphatic carbocycles. The highest BCUT2D eigenvalue weighted by molar-refractivity contribution is 6.09. The molecule has 0 bridgehead atoms. The van der Waals surface area contributed by atoms with E-state index in [-0.39, 0.29) is 0 Å². The van der Waals surface area contributed by atoms with Crippen LogP contribution in [0, 0.1) is 0 Å². The Morgan fingerprint density at radius 3 is 1.62 bits per heavy atom. The van der Waals surface area contributed by atoms with Crippen molar-refractivity contribution in [3.8, 4) is 16.8 Å². The molecule has 7 rings (SSSR count). The molecule has 176 valence electrons. The molecule has 0 saturated heterocycles. The van der Waals surface area contributed by atoms with Crippen molar-refractivity contribution in [2.75, 3.05) is 11.9 Å². The summed E-state index contributed by atoms with van der Waals surface area (Å²) >= 11 is 0. The van der Waals surface area contributed by atoms with Crippen LogP contribution in [0.15, 0.2) is 140 Å². The average molecular weight is 475 g/mol. The van der Waals surface area contributed by atoms with Gasteiger partial charge in [-0.05, 0) is 59.0 Å². The minimum absolute atomic E-state index is 1.17. The van der Waals surface area contributed by atoms with Crippen LogP contribution >= 0.6 is 0 Å². The summed E-state index contributed by atoms with van der Waals surface area (Å²) in [6.45, 7) is 0. The maximum atomic E-state index is 2.36. The standard InChI is InChI=1S/C35H26N2/c1-36(33-16-8-10-27-9-2-3-11-30(27)33)28-21-17-25(18-22-28)26-19-23-29(24-20-26)37-34-14-6-4-12-31(34)32-13-5-7-15-35(32)37/h2-24H,1H3. The predicted octanol–water partition coefficient (Wildman–Crippen LogP) is 9.37. The van der Waals surface area contributed by atoms with Gasteiger partial charge in [-0.2, -0.15) is 0 Å². The zero-order valence-electron chi connectivity index (χ0n) is 20.7. The van der Waals surface area contributed by atoms with E-state index in [4.69, 9.17) is 0 Å². The summed E-state index contributed by atoms with van der Waals surface area (Å²) in [5, 5.41) is 5.09. The lowest BCUT2D eigenvalue weighted by Gasteiger charge is -2.22. The molecule has 37 heavy (non-hydrogen) atoms. The van der Waals surface area contributed by atoms with E-state index in [1.807, 2.05) is 0 Å². The van der Waals surface area contributed by atoms with Crippen molar-refractivity contribution in [3.05, 3.63) is 140 Å². The van der Waals surface area contributed by atoms with Crippen LogP contribution in [0.3, 0.4) is 0 Å². The van der Waals surface area contributed by atoms with Gasteiger partial charge < -0.3 is 9.47 Å². The van der Waals surface area contributed by atoms with Gasteiger partial charge in [0.1, 0.15) is 0 Å². The van der Waals surface area contributed by atoms with Gasteiger partial charge in [0.25, 0.3) is 0 Å². The van der Waals surface area contributed by atoms with Gasteiger partial charge in [0.2, 0.25) is 0 Å². The first kappa shape index (κ1) is 21.5. The molecule has 2 nitrogen and oxygen atoms in total. The Morgan fingerprint density at radius 1 is 0.459 bits per heavy atom. The topological polar surface area (TPSA) is 8.17 Å². The second kappa shape index (κ2) is 8.69. The van der Waals surface area contributed by atoms with Gasteiger partial charge in [0.15, 0.2) is 0 Å². The van der Waals surface area contributed by atoms with Gasteiger partial charge in [-0.1, -0.05) is 97.1 Å². The number of fused-ring (bicyclic) bond motifs is 4. The third-order valence-electron chi connectivity index (χ3n) is 7.42. The van der Waals surface area contributed by atoms with Crippen molar-refractivity contribution in [1.29, 1.82) is 0 Å². The third-order valence-corrected chi connectivity index (χ3v) is 7.42. The van der Waals surface area contributed by atoms with Gasteiger partial charge in [0, 0.05) is 40.3 Å². The minimum atomic E-state index is 1.17. The van der Waals surface area contributed by atoms with Crippen LogP contribution in [0.1, 0.15) is 0 Å². The van der Waals surface area contributed by atoms with Crippen LogP contribution in [0.4, 0.5) is 11.4 Å². The van der Waals surface area contributed by atoms with Crippen LogP contribution < -0.4 is 4.90 Å². The molecule has 1 heterocycles. The second-order valence-corrected chi connectivity index (χ2v) is 9.52. The van der Waals surface area contributed by atoms with E-state index >= 15 is 0 Å². The van der Waals surface area contributed by atoms with Crippen molar-refractivity contribution >= 4 is 44.0 Å². The monoisotopic (exact) mass is 474 g/mol. The maximum Gasteiger partial charge on any atom is 0.0541 e. The van der Waals surface area contributed by atoms with Crippen LogP contribution in [0.25, 0.3) is 49.4 Å². The molecule has 0 N–H and O–H groups in total. The molecular formula is C35H26N2. The molecule has 1 aromatic heterocycles. The Hall–Kier alpha value is -4.82. The minimum Gasteiger partial charge on any atom is -0.344 e. The second-order valence-electron chi connectivity index (χ2n) is 9.52. The van der Waals surface area contributed by atoms with E-state index in [1.165, 1.54) is 60.8 Å². The van der Waals surface area contributed by atoms with E-state index in [0.29, 0.717) is 0 Å². The van der Waals surface area contributed by atoms with Crippen molar-refractivity contribution in [3.63, 3.8) is 0 Å². The lowest BCUT2D eigenvalue weighted by molar-refractivity contribution is 1.18. The van der Waals surface area contributed by atoms with Gasteiger partial charge in [-0.15, -0.1) is 0 Å². The number of aromatic nitrogens is 1. The SMILES string of the molecule is CN(c1ccc(-c2ccc(-n3c4ccccc4c4ccccc43)cc2)cc1)c1cccc2ccccc12. The largest absolute Gasteiger partial charge is 0.344 e. The smallest absolute Gasteiger partial charge is 0.0541 e. The molecule has 0 spiro atoms. The summed E-state index contributed by atoms with van der Waals surface area (Å²) in [5.74, 6) is 0. The predicted molar refractivity (Wildman–Crippen MR) is 158 cm³/mol. The highest BCUT2D eigenvalue weighted by atomic mass is 15.1. The first-order valence-corrected chi connectivity index (χ1v) is 12.7. The molecule has 0 radical (unpaired) electrons. The molecule has 0 atom stereocenters. The quantitative estimate of drug-likeness (QED) is 0.247. The normalized spacial score (nSPS) is 11.4. The Kier molecular flexibility index (Phi) is 5.04. The Labute approximate surface area is 216 Å². The van der Waals surface area contributed by atoms with Crippen molar-refractivity contribution in [2.45, 2.75) is 0 Å².